The van der Waals surface area contributed by atoms with Gasteiger partial charge in [0.2, 0.25) is 5.88 Å². The Morgan fingerprint density at radius 2 is 1.88 bits per heavy atom. The standard InChI is InChI=1S/C23H27N7O4/c1-3-29-19(17(32)14-31)24-18-20(28-9-11-34-12-10-28)25-23(26-21(18)29)30-13-16(22(27-30)33-2)15-7-5-4-6-8-15/h4-8,13,17,31-32H,3,9-12,14H2,1-2H3/t17-/m0/s1. The van der Waals surface area contributed by atoms with Crippen LogP contribution in [0.1, 0.15) is 18.9 Å². The summed E-state index contributed by atoms with van der Waals surface area (Å²) in [6.45, 7) is 4.48. The molecule has 1 atom stereocenters. The maximum absolute atomic E-state index is 10.4. The molecule has 0 radical (unpaired) electrons. The Morgan fingerprint density at radius 1 is 1.12 bits per heavy atom. The summed E-state index contributed by atoms with van der Waals surface area (Å²) >= 11 is 0. The summed E-state index contributed by atoms with van der Waals surface area (Å²) in [5.41, 5.74) is 2.91. The van der Waals surface area contributed by atoms with Crippen LogP contribution in [0.15, 0.2) is 36.5 Å². The molecule has 11 heteroatoms. The van der Waals surface area contributed by atoms with Gasteiger partial charge in [-0.2, -0.15) is 9.97 Å². The van der Waals surface area contributed by atoms with E-state index in [1.54, 1.807) is 16.4 Å². The van der Waals surface area contributed by atoms with Crippen molar-refractivity contribution in [2.45, 2.75) is 19.6 Å². The first kappa shape index (κ1) is 22.3. The fourth-order valence-corrected chi connectivity index (χ4v) is 4.16. The van der Waals surface area contributed by atoms with Crippen LogP contribution in [0.2, 0.25) is 0 Å². The Kier molecular flexibility index (Phi) is 6.14. The lowest BCUT2D eigenvalue weighted by Crippen LogP contribution is -2.37. The van der Waals surface area contributed by atoms with Crippen molar-refractivity contribution in [3.8, 4) is 23.0 Å². The molecule has 0 aliphatic carbocycles. The summed E-state index contributed by atoms with van der Waals surface area (Å²) in [5, 5.41) is 24.5. The molecule has 0 saturated carbocycles. The number of aliphatic hydroxyl groups is 2. The van der Waals surface area contributed by atoms with E-state index in [9.17, 15) is 10.2 Å². The number of methoxy groups -OCH3 is 1. The van der Waals surface area contributed by atoms with Gasteiger partial charge in [-0.05, 0) is 12.5 Å². The highest BCUT2D eigenvalue weighted by molar-refractivity contribution is 5.85. The van der Waals surface area contributed by atoms with Gasteiger partial charge in [-0.3, -0.25) is 0 Å². The highest BCUT2D eigenvalue weighted by atomic mass is 16.5. The van der Waals surface area contributed by atoms with Crippen molar-refractivity contribution < 1.29 is 19.7 Å². The average Bonchev–Trinajstić information content (AvgIpc) is 3.50. The molecular formula is C23H27N7O4. The van der Waals surface area contributed by atoms with Crippen molar-refractivity contribution in [3.05, 3.63) is 42.4 Å². The van der Waals surface area contributed by atoms with Crippen molar-refractivity contribution in [2.75, 3.05) is 44.9 Å². The van der Waals surface area contributed by atoms with Crippen LogP contribution in [0.25, 0.3) is 28.2 Å². The molecule has 1 aromatic carbocycles. The van der Waals surface area contributed by atoms with Gasteiger partial charge in [-0.15, -0.1) is 5.10 Å². The first-order chi connectivity index (χ1) is 16.6. The number of anilines is 1. The second-order valence-corrected chi connectivity index (χ2v) is 7.89. The molecule has 178 valence electrons. The van der Waals surface area contributed by atoms with Crippen LogP contribution in [-0.2, 0) is 11.3 Å². The van der Waals surface area contributed by atoms with E-state index in [0.717, 1.165) is 11.1 Å². The lowest BCUT2D eigenvalue weighted by Gasteiger charge is -2.28. The van der Waals surface area contributed by atoms with E-state index in [0.29, 0.717) is 67.5 Å². The van der Waals surface area contributed by atoms with Gasteiger partial charge in [0.1, 0.15) is 11.9 Å². The molecule has 0 spiro atoms. The number of ether oxygens (including phenoxy) is 2. The molecule has 34 heavy (non-hydrogen) atoms. The zero-order valence-corrected chi connectivity index (χ0v) is 19.1. The number of nitrogens with zero attached hydrogens (tertiary/aromatic N) is 7. The first-order valence-corrected chi connectivity index (χ1v) is 11.2. The molecule has 5 rings (SSSR count). The van der Waals surface area contributed by atoms with Crippen LogP contribution in [-0.4, -0.2) is 79.5 Å². The lowest BCUT2D eigenvalue weighted by molar-refractivity contribution is 0.0861. The highest BCUT2D eigenvalue weighted by Gasteiger charge is 2.26. The van der Waals surface area contributed by atoms with Gasteiger partial charge in [-0.25, -0.2) is 9.67 Å². The van der Waals surface area contributed by atoms with Crippen LogP contribution in [0.5, 0.6) is 5.88 Å². The Labute approximate surface area is 196 Å². The zero-order chi connectivity index (χ0) is 23.7. The number of fused-ring (bicyclic) bond motifs is 1. The Hall–Kier alpha value is -3.54. The SMILES string of the molecule is CCn1c([C@@H](O)CO)nc2c(N3CCOCC3)nc(-n3cc(-c4ccccc4)c(OC)n3)nc21. The largest absolute Gasteiger partial charge is 0.479 e. The maximum atomic E-state index is 10.4. The molecule has 0 amide bonds. The third-order valence-corrected chi connectivity index (χ3v) is 5.86. The number of benzene rings is 1. The lowest BCUT2D eigenvalue weighted by atomic mass is 10.1. The number of morpholine rings is 1. The number of aliphatic hydroxyl groups excluding tert-OH is 2. The number of hydrogen-bond acceptors (Lipinski definition) is 9. The number of hydrogen-bond donors (Lipinski definition) is 2. The van der Waals surface area contributed by atoms with E-state index < -0.39 is 12.7 Å². The Balaban J connectivity index is 1.71. The summed E-state index contributed by atoms with van der Waals surface area (Å²) in [7, 11) is 1.58. The summed E-state index contributed by atoms with van der Waals surface area (Å²) < 4.78 is 14.4. The van der Waals surface area contributed by atoms with Crippen LogP contribution in [0.4, 0.5) is 5.82 Å². The third-order valence-electron chi connectivity index (χ3n) is 5.86. The predicted molar refractivity (Wildman–Crippen MR) is 125 cm³/mol. The van der Waals surface area contributed by atoms with Crippen molar-refractivity contribution in [2.24, 2.45) is 0 Å². The van der Waals surface area contributed by atoms with Gasteiger partial charge in [0, 0.05) is 25.8 Å². The number of imidazole rings is 1. The molecule has 3 aromatic heterocycles. The Bertz CT molecular complexity index is 1280. The minimum atomic E-state index is -1.12. The normalized spacial score (nSPS) is 15.1. The third kappa shape index (κ3) is 3.87. The van der Waals surface area contributed by atoms with Gasteiger partial charge >= 0.3 is 0 Å². The smallest absolute Gasteiger partial charge is 0.254 e. The number of aryl methyl sites for hydroxylation is 1. The van der Waals surface area contributed by atoms with Gasteiger partial charge < -0.3 is 29.2 Å². The summed E-state index contributed by atoms with van der Waals surface area (Å²) in [6.07, 6.45) is 0.721. The summed E-state index contributed by atoms with van der Waals surface area (Å²) in [6, 6.07) is 9.85. The molecule has 2 N–H and O–H groups in total. The molecular weight excluding hydrogens is 438 g/mol. The van der Waals surface area contributed by atoms with E-state index in [1.807, 2.05) is 43.5 Å². The quantitative estimate of drug-likeness (QED) is 0.418. The fraction of sp³-hybridized carbons (Fsp3) is 0.391. The van der Waals surface area contributed by atoms with Crippen molar-refractivity contribution in [1.29, 1.82) is 0 Å². The summed E-state index contributed by atoms with van der Waals surface area (Å²) in [4.78, 5) is 16.3. The van der Waals surface area contributed by atoms with Crippen LogP contribution in [0.3, 0.4) is 0 Å². The van der Waals surface area contributed by atoms with Crippen molar-refractivity contribution >= 4 is 17.0 Å². The maximum Gasteiger partial charge on any atom is 0.254 e. The highest BCUT2D eigenvalue weighted by Crippen LogP contribution is 2.32. The van der Waals surface area contributed by atoms with Crippen LogP contribution in [0, 0.1) is 0 Å². The summed E-state index contributed by atoms with van der Waals surface area (Å²) in [5.74, 6) is 1.80. The monoisotopic (exact) mass is 465 g/mol. The van der Waals surface area contributed by atoms with Crippen LogP contribution < -0.4 is 9.64 Å². The van der Waals surface area contributed by atoms with E-state index in [2.05, 4.69) is 15.0 Å². The molecule has 11 nitrogen and oxygen atoms in total. The average molecular weight is 466 g/mol. The first-order valence-electron chi connectivity index (χ1n) is 11.2. The molecule has 4 heterocycles. The van der Waals surface area contributed by atoms with Crippen molar-refractivity contribution in [1.82, 2.24) is 29.3 Å². The van der Waals surface area contributed by atoms with Crippen molar-refractivity contribution in [3.63, 3.8) is 0 Å². The van der Waals surface area contributed by atoms with Gasteiger partial charge in [0.15, 0.2) is 17.0 Å². The van der Waals surface area contributed by atoms with Gasteiger partial charge in [-0.1, -0.05) is 30.3 Å². The minimum Gasteiger partial charge on any atom is -0.479 e. The van der Waals surface area contributed by atoms with Gasteiger partial charge in [0.25, 0.3) is 5.95 Å². The fourth-order valence-electron chi connectivity index (χ4n) is 4.16. The molecule has 0 bridgehead atoms. The molecule has 1 fully saturated rings. The number of aromatic nitrogens is 6. The molecule has 1 saturated heterocycles. The molecule has 1 aliphatic heterocycles. The molecule has 1 aliphatic rings. The zero-order valence-electron chi connectivity index (χ0n) is 19.1. The van der Waals surface area contributed by atoms with Gasteiger partial charge in [0.05, 0.1) is 32.5 Å². The number of rotatable bonds is 7. The Morgan fingerprint density at radius 3 is 2.56 bits per heavy atom. The topological polar surface area (TPSA) is 124 Å². The second-order valence-electron chi connectivity index (χ2n) is 7.89. The van der Waals surface area contributed by atoms with E-state index >= 15 is 0 Å². The van der Waals surface area contributed by atoms with E-state index in [1.165, 1.54) is 0 Å². The second kappa shape index (κ2) is 9.37. The predicted octanol–water partition coefficient (Wildman–Crippen LogP) is 1.57. The molecule has 0 unspecified atom stereocenters. The van der Waals surface area contributed by atoms with E-state index in [4.69, 9.17) is 19.4 Å². The van der Waals surface area contributed by atoms with Crippen LogP contribution >= 0.6 is 0 Å². The van der Waals surface area contributed by atoms with E-state index in [-0.39, 0.29) is 0 Å². The molecule has 4 aromatic rings. The minimum absolute atomic E-state index is 0.351.